The third-order valence-corrected chi connectivity index (χ3v) is 4.30. The molecule has 2 aromatic rings. The van der Waals surface area contributed by atoms with Crippen molar-refractivity contribution in [3.8, 4) is 0 Å². The van der Waals surface area contributed by atoms with E-state index in [1.54, 1.807) is 6.26 Å². The SMILES string of the molecule is CCc1nn(C)cc1CNc1ccc(Cl)c(C[S@](C)=O)c1. The molecule has 21 heavy (non-hydrogen) atoms. The molecule has 0 saturated carbocycles. The van der Waals surface area contributed by atoms with Crippen LogP contribution in [0, 0.1) is 0 Å². The van der Waals surface area contributed by atoms with E-state index in [1.165, 1.54) is 5.56 Å². The van der Waals surface area contributed by atoms with Gasteiger partial charge < -0.3 is 5.32 Å². The zero-order chi connectivity index (χ0) is 15.4. The van der Waals surface area contributed by atoms with Crippen molar-refractivity contribution < 1.29 is 4.21 Å². The van der Waals surface area contributed by atoms with E-state index >= 15 is 0 Å². The quantitative estimate of drug-likeness (QED) is 0.887. The summed E-state index contributed by atoms with van der Waals surface area (Å²) in [6.45, 7) is 2.82. The maximum absolute atomic E-state index is 11.4. The van der Waals surface area contributed by atoms with Gasteiger partial charge in [-0.05, 0) is 30.2 Å². The minimum atomic E-state index is -0.902. The molecule has 1 N–H and O–H groups in total. The largest absolute Gasteiger partial charge is 0.381 e. The molecule has 0 aliphatic heterocycles. The van der Waals surface area contributed by atoms with Crippen molar-refractivity contribution in [2.45, 2.75) is 25.6 Å². The van der Waals surface area contributed by atoms with E-state index in [4.69, 9.17) is 11.6 Å². The smallest absolute Gasteiger partial charge is 0.0671 e. The van der Waals surface area contributed by atoms with Crippen LogP contribution in [0.5, 0.6) is 0 Å². The highest BCUT2D eigenvalue weighted by Crippen LogP contribution is 2.22. The molecule has 1 atom stereocenters. The normalized spacial score (nSPS) is 12.4. The Morgan fingerprint density at radius 1 is 1.38 bits per heavy atom. The number of halogens is 1. The molecule has 0 spiro atoms. The van der Waals surface area contributed by atoms with Crippen molar-refractivity contribution >= 4 is 28.1 Å². The molecule has 0 radical (unpaired) electrons. The Kier molecular flexibility index (Phi) is 5.42. The first-order valence-electron chi connectivity index (χ1n) is 6.83. The number of nitrogens with zero attached hydrogens (tertiary/aromatic N) is 2. The van der Waals surface area contributed by atoms with Gasteiger partial charge in [-0.25, -0.2) is 0 Å². The third kappa shape index (κ3) is 4.32. The van der Waals surface area contributed by atoms with Crippen molar-refractivity contribution in [3.63, 3.8) is 0 Å². The van der Waals surface area contributed by atoms with Gasteiger partial charge in [0, 0.05) is 58.9 Å². The lowest BCUT2D eigenvalue weighted by Crippen LogP contribution is -2.02. The highest BCUT2D eigenvalue weighted by molar-refractivity contribution is 7.83. The van der Waals surface area contributed by atoms with Crippen LogP contribution in [-0.4, -0.2) is 20.2 Å². The second-order valence-corrected chi connectivity index (χ2v) is 6.85. The minimum Gasteiger partial charge on any atom is -0.381 e. The monoisotopic (exact) mass is 325 g/mol. The van der Waals surface area contributed by atoms with Gasteiger partial charge >= 0.3 is 0 Å². The minimum absolute atomic E-state index is 0.474. The number of anilines is 1. The molecule has 6 heteroatoms. The van der Waals surface area contributed by atoms with E-state index < -0.39 is 10.8 Å². The highest BCUT2D eigenvalue weighted by atomic mass is 35.5. The van der Waals surface area contributed by atoms with Gasteiger partial charge in [0.1, 0.15) is 0 Å². The molecular formula is C15H20ClN3OS. The number of aryl methyl sites for hydroxylation is 2. The van der Waals surface area contributed by atoms with Gasteiger partial charge in [0.25, 0.3) is 0 Å². The Morgan fingerprint density at radius 3 is 2.81 bits per heavy atom. The van der Waals surface area contributed by atoms with Crippen molar-refractivity contribution in [1.29, 1.82) is 0 Å². The molecule has 0 aliphatic rings. The van der Waals surface area contributed by atoms with Gasteiger partial charge in [-0.3, -0.25) is 8.89 Å². The molecule has 0 unspecified atom stereocenters. The molecule has 0 fully saturated rings. The molecule has 4 nitrogen and oxygen atoms in total. The summed E-state index contributed by atoms with van der Waals surface area (Å²) >= 11 is 6.13. The van der Waals surface area contributed by atoms with E-state index in [0.717, 1.165) is 23.4 Å². The molecule has 2 rings (SSSR count). The summed E-state index contributed by atoms with van der Waals surface area (Å²) in [5, 5.41) is 8.47. The molecule has 114 valence electrons. The van der Waals surface area contributed by atoms with Gasteiger partial charge in [-0.15, -0.1) is 0 Å². The molecule has 1 aromatic heterocycles. The number of nitrogens with one attached hydrogen (secondary N) is 1. The summed E-state index contributed by atoms with van der Waals surface area (Å²) in [5.41, 5.74) is 4.18. The maximum Gasteiger partial charge on any atom is 0.0671 e. The molecule has 0 amide bonds. The van der Waals surface area contributed by atoms with Crippen molar-refractivity contribution in [3.05, 3.63) is 46.2 Å². The summed E-state index contributed by atoms with van der Waals surface area (Å²) in [6, 6.07) is 5.74. The van der Waals surface area contributed by atoms with Gasteiger partial charge in [-0.2, -0.15) is 5.10 Å². The molecule has 1 aromatic carbocycles. The van der Waals surface area contributed by atoms with E-state index in [0.29, 0.717) is 17.3 Å². The van der Waals surface area contributed by atoms with Crippen LogP contribution in [0.3, 0.4) is 0 Å². The summed E-state index contributed by atoms with van der Waals surface area (Å²) < 4.78 is 13.2. The third-order valence-electron chi connectivity index (χ3n) is 3.21. The average molecular weight is 326 g/mol. The van der Waals surface area contributed by atoms with Crippen LogP contribution in [-0.2, 0) is 36.6 Å². The Labute approximate surface area is 133 Å². The lowest BCUT2D eigenvalue weighted by Gasteiger charge is -2.09. The summed E-state index contributed by atoms with van der Waals surface area (Å²) in [5.74, 6) is 0.474. The topological polar surface area (TPSA) is 46.9 Å². The lowest BCUT2D eigenvalue weighted by atomic mass is 10.2. The van der Waals surface area contributed by atoms with Crippen LogP contribution in [0.4, 0.5) is 5.69 Å². The Morgan fingerprint density at radius 2 is 2.14 bits per heavy atom. The first-order valence-corrected chi connectivity index (χ1v) is 8.93. The average Bonchev–Trinajstić information content (AvgIpc) is 2.79. The molecular weight excluding hydrogens is 306 g/mol. The Balaban J connectivity index is 2.11. The summed E-state index contributed by atoms with van der Waals surface area (Å²) in [4.78, 5) is 0. The van der Waals surface area contributed by atoms with E-state index in [-0.39, 0.29) is 0 Å². The van der Waals surface area contributed by atoms with Crippen LogP contribution >= 0.6 is 11.6 Å². The maximum atomic E-state index is 11.4. The van der Waals surface area contributed by atoms with Crippen molar-refractivity contribution in [2.24, 2.45) is 7.05 Å². The fraction of sp³-hybridized carbons (Fsp3) is 0.400. The summed E-state index contributed by atoms with van der Waals surface area (Å²) in [7, 11) is 1.03. The Bertz CT molecular complexity index is 654. The number of benzene rings is 1. The number of aromatic nitrogens is 2. The van der Waals surface area contributed by atoms with Gasteiger partial charge in [-0.1, -0.05) is 18.5 Å². The first-order chi connectivity index (χ1) is 9.99. The lowest BCUT2D eigenvalue weighted by molar-refractivity contribution is 0.686. The van der Waals surface area contributed by atoms with Crippen molar-refractivity contribution in [2.75, 3.05) is 11.6 Å². The predicted molar refractivity (Wildman–Crippen MR) is 89.1 cm³/mol. The summed E-state index contributed by atoms with van der Waals surface area (Å²) in [6.07, 6.45) is 4.63. The predicted octanol–water partition coefficient (Wildman–Crippen LogP) is 3.13. The zero-order valence-electron chi connectivity index (χ0n) is 12.5. The van der Waals surface area contributed by atoms with Gasteiger partial charge in [0.2, 0.25) is 0 Å². The molecule has 0 saturated heterocycles. The molecule has 0 bridgehead atoms. The van der Waals surface area contributed by atoms with E-state index in [2.05, 4.69) is 17.3 Å². The van der Waals surface area contributed by atoms with Crippen LogP contribution in [0.2, 0.25) is 5.02 Å². The van der Waals surface area contributed by atoms with Crippen LogP contribution < -0.4 is 5.32 Å². The van der Waals surface area contributed by atoms with E-state index in [9.17, 15) is 4.21 Å². The Hall–Kier alpha value is -1.33. The van der Waals surface area contributed by atoms with Crippen molar-refractivity contribution in [1.82, 2.24) is 9.78 Å². The standard InChI is InChI=1S/C15H20ClN3OS/c1-4-15-12(9-19(2)18-15)8-17-13-5-6-14(16)11(7-13)10-21(3)20/h5-7,9,17H,4,8,10H2,1-3H3/t21-/m0/s1. The van der Waals surface area contributed by atoms with Crippen LogP contribution in [0.1, 0.15) is 23.7 Å². The highest BCUT2D eigenvalue weighted by Gasteiger charge is 2.07. The number of hydrogen-bond donors (Lipinski definition) is 1. The van der Waals surface area contributed by atoms with Gasteiger partial charge in [0.15, 0.2) is 0 Å². The molecule has 1 heterocycles. The van der Waals surface area contributed by atoms with Gasteiger partial charge in [0.05, 0.1) is 5.69 Å². The number of rotatable bonds is 6. The van der Waals surface area contributed by atoms with Crippen LogP contribution in [0.15, 0.2) is 24.4 Å². The molecule has 0 aliphatic carbocycles. The van der Waals surface area contributed by atoms with E-state index in [1.807, 2.05) is 36.1 Å². The second kappa shape index (κ2) is 7.09. The number of hydrogen-bond acceptors (Lipinski definition) is 3. The fourth-order valence-electron chi connectivity index (χ4n) is 2.24. The second-order valence-electron chi connectivity index (χ2n) is 5.01. The van der Waals surface area contributed by atoms with Crippen LogP contribution in [0.25, 0.3) is 0 Å². The first kappa shape index (κ1) is 16.0. The zero-order valence-corrected chi connectivity index (χ0v) is 14.1. The fourth-order valence-corrected chi connectivity index (χ4v) is 3.18.